The van der Waals surface area contributed by atoms with E-state index >= 15 is 0 Å². The molecule has 1 saturated heterocycles. The van der Waals surface area contributed by atoms with E-state index in [2.05, 4.69) is 62.5 Å². The minimum absolute atomic E-state index is 0.634. The van der Waals surface area contributed by atoms with Gasteiger partial charge in [0.2, 0.25) is 0 Å². The van der Waals surface area contributed by atoms with Gasteiger partial charge in [-0.1, -0.05) is 34.1 Å². The highest BCUT2D eigenvalue weighted by Crippen LogP contribution is 2.33. The molecule has 0 aliphatic carbocycles. The second-order valence-electron chi connectivity index (χ2n) is 7.80. The molecule has 2 aromatic carbocycles. The van der Waals surface area contributed by atoms with Crippen molar-refractivity contribution in [1.82, 2.24) is 4.90 Å². The number of hydrogen-bond acceptors (Lipinski definition) is 3. The maximum atomic E-state index is 5.68. The van der Waals surface area contributed by atoms with Crippen LogP contribution >= 0.6 is 15.9 Å². The molecule has 0 spiro atoms. The molecule has 4 rings (SSSR count). The van der Waals surface area contributed by atoms with E-state index in [0.29, 0.717) is 5.92 Å². The van der Waals surface area contributed by atoms with Crippen molar-refractivity contribution < 1.29 is 4.74 Å². The van der Waals surface area contributed by atoms with Crippen LogP contribution in [0.2, 0.25) is 0 Å². The Morgan fingerprint density at radius 3 is 2.78 bits per heavy atom. The van der Waals surface area contributed by atoms with E-state index in [1.54, 1.807) is 0 Å². The molecule has 2 aromatic rings. The lowest BCUT2D eigenvalue weighted by Gasteiger charge is -2.33. The van der Waals surface area contributed by atoms with E-state index in [0.717, 1.165) is 31.2 Å². The first kappa shape index (κ1) is 18.8. The molecule has 2 aliphatic rings. The highest BCUT2D eigenvalue weighted by molar-refractivity contribution is 9.10. The Balaban J connectivity index is 1.30. The lowest BCUT2D eigenvalue weighted by atomic mass is 9.89. The van der Waals surface area contributed by atoms with Crippen molar-refractivity contribution in [2.75, 3.05) is 38.1 Å². The number of nitrogens with one attached hydrogen (secondary N) is 1. The summed E-state index contributed by atoms with van der Waals surface area (Å²) in [6.45, 7) is 7.45. The van der Waals surface area contributed by atoms with E-state index < -0.39 is 0 Å². The van der Waals surface area contributed by atoms with Crippen LogP contribution in [0.5, 0.6) is 5.75 Å². The Labute approximate surface area is 171 Å². The Morgan fingerprint density at radius 1 is 1.15 bits per heavy atom. The van der Waals surface area contributed by atoms with Crippen LogP contribution in [0.1, 0.15) is 36.8 Å². The third-order valence-electron chi connectivity index (χ3n) is 5.96. The quantitative estimate of drug-likeness (QED) is 0.674. The van der Waals surface area contributed by atoms with Gasteiger partial charge in [0.25, 0.3) is 0 Å². The topological polar surface area (TPSA) is 24.5 Å². The largest absolute Gasteiger partial charge is 0.494 e. The van der Waals surface area contributed by atoms with Crippen molar-refractivity contribution in [1.29, 1.82) is 0 Å². The van der Waals surface area contributed by atoms with Crippen LogP contribution in [0.15, 0.2) is 46.9 Å². The fraction of sp³-hybridized carbons (Fsp3) is 0.478. The number of para-hydroxylation sites is 1. The van der Waals surface area contributed by atoms with Crippen LogP contribution in [0.3, 0.4) is 0 Å². The summed E-state index contributed by atoms with van der Waals surface area (Å²) in [4.78, 5) is 2.66. The molecule has 1 fully saturated rings. The Kier molecular flexibility index (Phi) is 6.04. The summed E-state index contributed by atoms with van der Waals surface area (Å²) in [5.74, 6) is 2.39. The minimum atomic E-state index is 0.634. The average molecular weight is 429 g/mol. The molecule has 4 heteroatoms. The van der Waals surface area contributed by atoms with Crippen molar-refractivity contribution in [3.05, 3.63) is 58.1 Å². The molecule has 0 amide bonds. The molecule has 0 saturated carbocycles. The number of fused-ring (bicyclic) bond motifs is 1. The number of benzene rings is 2. The molecule has 0 bridgehead atoms. The van der Waals surface area contributed by atoms with E-state index in [-0.39, 0.29) is 0 Å². The zero-order chi connectivity index (χ0) is 18.6. The SMILES string of the molecule is CCOc1ccc(Br)c(CC2CCN(CC3CNc4ccccc43)CC2)c1. The fourth-order valence-electron chi connectivity index (χ4n) is 4.48. The number of halogens is 1. The van der Waals surface area contributed by atoms with Crippen LogP contribution in [-0.2, 0) is 6.42 Å². The first-order chi connectivity index (χ1) is 13.2. The zero-order valence-electron chi connectivity index (χ0n) is 16.1. The summed E-state index contributed by atoms with van der Waals surface area (Å²) in [5.41, 5.74) is 4.21. The summed E-state index contributed by atoms with van der Waals surface area (Å²) in [6, 6.07) is 15.2. The number of piperidine rings is 1. The van der Waals surface area contributed by atoms with Crippen molar-refractivity contribution in [2.45, 2.75) is 32.1 Å². The van der Waals surface area contributed by atoms with Crippen molar-refractivity contribution in [3.63, 3.8) is 0 Å². The van der Waals surface area contributed by atoms with Crippen molar-refractivity contribution >= 4 is 21.6 Å². The highest BCUT2D eigenvalue weighted by atomic mass is 79.9. The van der Waals surface area contributed by atoms with Gasteiger partial charge in [-0.05, 0) is 80.6 Å². The maximum Gasteiger partial charge on any atom is 0.119 e. The molecular formula is C23H29BrN2O. The standard InChI is InChI=1S/C23H29BrN2O/c1-2-27-20-7-8-22(24)18(14-20)13-17-9-11-26(12-10-17)16-19-15-25-23-6-4-3-5-21(19)23/h3-8,14,17,19,25H,2,9-13,15-16H2,1H3. The fourth-order valence-corrected chi connectivity index (χ4v) is 4.89. The third-order valence-corrected chi connectivity index (χ3v) is 6.74. The molecular weight excluding hydrogens is 400 g/mol. The zero-order valence-corrected chi connectivity index (χ0v) is 17.7. The Bertz CT molecular complexity index is 771. The number of anilines is 1. The lowest BCUT2D eigenvalue weighted by molar-refractivity contribution is 0.177. The lowest BCUT2D eigenvalue weighted by Crippen LogP contribution is -2.37. The van der Waals surface area contributed by atoms with E-state index in [1.807, 2.05) is 13.0 Å². The number of hydrogen-bond donors (Lipinski definition) is 1. The summed E-state index contributed by atoms with van der Waals surface area (Å²) in [6.07, 6.45) is 3.71. The van der Waals surface area contributed by atoms with Gasteiger partial charge >= 0.3 is 0 Å². The smallest absolute Gasteiger partial charge is 0.119 e. The van der Waals surface area contributed by atoms with Crippen LogP contribution < -0.4 is 10.1 Å². The summed E-state index contributed by atoms with van der Waals surface area (Å²) < 4.78 is 6.89. The summed E-state index contributed by atoms with van der Waals surface area (Å²) >= 11 is 3.72. The molecule has 2 heterocycles. The van der Waals surface area contributed by atoms with Gasteiger partial charge in [0.1, 0.15) is 5.75 Å². The second kappa shape index (κ2) is 8.66. The maximum absolute atomic E-state index is 5.68. The van der Waals surface area contributed by atoms with E-state index in [1.165, 1.54) is 53.8 Å². The monoisotopic (exact) mass is 428 g/mol. The van der Waals surface area contributed by atoms with Crippen molar-refractivity contribution in [3.8, 4) is 5.75 Å². The van der Waals surface area contributed by atoms with Crippen LogP contribution in [-0.4, -0.2) is 37.7 Å². The third kappa shape index (κ3) is 4.49. The average Bonchev–Trinajstić information content (AvgIpc) is 3.09. The van der Waals surface area contributed by atoms with Crippen LogP contribution in [0.4, 0.5) is 5.69 Å². The van der Waals surface area contributed by atoms with E-state index in [9.17, 15) is 0 Å². The predicted molar refractivity (Wildman–Crippen MR) is 116 cm³/mol. The van der Waals surface area contributed by atoms with Gasteiger partial charge < -0.3 is 15.0 Å². The Morgan fingerprint density at radius 2 is 1.96 bits per heavy atom. The number of likely N-dealkylation sites (tertiary alicyclic amines) is 1. The minimum Gasteiger partial charge on any atom is -0.494 e. The Hall–Kier alpha value is -1.52. The summed E-state index contributed by atoms with van der Waals surface area (Å²) in [7, 11) is 0. The van der Waals surface area contributed by atoms with E-state index in [4.69, 9.17) is 4.74 Å². The first-order valence-corrected chi connectivity index (χ1v) is 11.0. The highest BCUT2D eigenvalue weighted by Gasteiger charge is 2.26. The van der Waals surface area contributed by atoms with Gasteiger partial charge in [-0.15, -0.1) is 0 Å². The molecule has 1 N–H and O–H groups in total. The van der Waals surface area contributed by atoms with Gasteiger partial charge in [0.15, 0.2) is 0 Å². The van der Waals surface area contributed by atoms with Crippen molar-refractivity contribution in [2.24, 2.45) is 5.92 Å². The van der Waals surface area contributed by atoms with Crippen LogP contribution in [0, 0.1) is 5.92 Å². The predicted octanol–water partition coefficient (Wildman–Crippen LogP) is 5.31. The number of ether oxygens (including phenoxy) is 1. The number of rotatable bonds is 6. The normalized spacial score (nSPS) is 20.3. The molecule has 27 heavy (non-hydrogen) atoms. The number of nitrogens with zero attached hydrogens (tertiary/aromatic N) is 1. The molecule has 144 valence electrons. The molecule has 1 unspecified atom stereocenters. The van der Waals surface area contributed by atoms with Crippen LogP contribution in [0.25, 0.3) is 0 Å². The van der Waals surface area contributed by atoms with Gasteiger partial charge in [-0.2, -0.15) is 0 Å². The molecule has 0 aromatic heterocycles. The molecule has 2 aliphatic heterocycles. The molecule has 1 atom stereocenters. The van der Waals surface area contributed by atoms with Gasteiger partial charge in [0, 0.05) is 29.2 Å². The molecule has 0 radical (unpaired) electrons. The van der Waals surface area contributed by atoms with Gasteiger partial charge in [-0.25, -0.2) is 0 Å². The second-order valence-corrected chi connectivity index (χ2v) is 8.65. The summed E-state index contributed by atoms with van der Waals surface area (Å²) in [5, 5.41) is 3.56. The molecule has 3 nitrogen and oxygen atoms in total. The first-order valence-electron chi connectivity index (χ1n) is 10.2. The van der Waals surface area contributed by atoms with Gasteiger partial charge in [0.05, 0.1) is 6.61 Å². The van der Waals surface area contributed by atoms with Gasteiger partial charge in [-0.3, -0.25) is 0 Å².